The summed E-state index contributed by atoms with van der Waals surface area (Å²) in [5.74, 6) is -0.963. The SMILES string of the molecule is COc1cc(C2CC(=O)NC3=C2C(=O)OC3(C)C)ccc1OCC(N)=O. The highest BCUT2D eigenvalue weighted by atomic mass is 16.6. The zero-order valence-electron chi connectivity index (χ0n) is 14.8. The van der Waals surface area contributed by atoms with Gasteiger partial charge in [-0.3, -0.25) is 9.59 Å². The van der Waals surface area contributed by atoms with Crippen LogP contribution in [0.15, 0.2) is 29.5 Å². The van der Waals surface area contributed by atoms with Crippen LogP contribution < -0.4 is 20.5 Å². The predicted octanol–water partition coefficient (Wildman–Crippen LogP) is 0.752. The lowest BCUT2D eigenvalue weighted by Crippen LogP contribution is -2.38. The van der Waals surface area contributed by atoms with Gasteiger partial charge in [-0.25, -0.2) is 4.79 Å². The largest absolute Gasteiger partial charge is 0.493 e. The van der Waals surface area contributed by atoms with E-state index in [-0.39, 0.29) is 18.9 Å². The van der Waals surface area contributed by atoms with Gasteiger partial charge in [0.15, 0.2) is 18.1 Å². The van der Waals surface area contributed by atoms with Crippen LogP contribution in [0.1, 0.15) is 31.7 Å². The van der Waals surface area contributed by atoms with E-state index in [2.05, 4.69) is 5.32 Å². The molecule has 8 heteroatoms. The van der Waals surface area contributed by atoms with Crippen LogP contribution >= 0.6 is 0 Å². The van der Waals surface area contributed by atoms with E-state index in [4.69, 9.17) is 19.9 Å². The molecule has 3 N–H and O–H groups in total. The molecule has 26 heavy (non-hydrogen) atoms. The number of nitrogens with one attached hydrogen (secondary N) is 1. The minimum atomic E-state index is -0.880. The van der Waals surface area contributed by atoms with Crippen molar-refractivity contribution in [2.24, 2.45) is 5.73 Å². The van der Waals surface area contributed by atoms with Crippen molar-refractivity contribution in [3.8, 4) is 11.5 Å². The highest BCUT2D eigenvalue weighted by Gasteiger charge is 2.47. The van der Waals surface area contributed by atoms with Crippen LogP contribution in [0.2, 0.25) is 0 Å². The number of nitrogens with two attached hydrogens (primary N) is 1. The molecule has 3 rings (SSSR count). The van der Waals surface area contributed by atoms with Crippen molar-refractivity contribution in [2.45, 2.75) is 31.8 Å². The molecule has 0 bridgehead atoms. The van der Waals surface area contributed by atoms with E-state index in [0.29, 0.717) is 28.3 Å². The van der Waals surface area contributed by atoms with E-state index in [1.165, 1.54) is 7.11 Å². The molecule has 0 aliphatic carbocycles. The Kier molecular flexibility index (Phi) is 4.35. The van der Waals surface area contributed by atoms with Gasteiger partial charge < -0.3 is 25.3 Å². The molecule has 2 aliphatic heterocycles. The molecule has 2 heterocycles. The van der Waals surface area contributed by atoms with Crippen LogP contribution in [0.3, 0.4) is 0 Å². The Morgan fingerprint density at radius 1 is 1.35 bits per heavy atom. The molecule has 1 unspecified atom stereocenters. The summed E-state index contributed by atoms with van der Waals surface area (Å²) in [5.41, 5.74) is 5.86. The fourth-order valence-electron chi connectivity index (χ4n) is 3.23. The lowest BCUT2D eigenvalue weighted by Gasteiger charge is -2.27. The van der Waals surface area contributed by atoms with Gasteiger partial charge >= 0.3 is 5.97 Å². The van der Waals surface area contributed by atoms with Crippen LogP contribution in [0.25, 0.3) is 0 Å². The van der Waals surface area contributed by atoms with Crippen LogP contribution in [0.4, 0.5) is 0 Å². The van der Waals surface area contributed by atoms with Gasteiger partial charge in [-0.05, 0) is 31.5 Å². The highest BCUT2D eigenvalue weighted by molar-refractivity contribution is 5.99. The van der Waals surface area contributed by atoms with Crippen LogP contribution in [0.5, 0.6) is 11.5 Å². The molecule has 2 aliphatic rings. The average molecular weight is 360 g/mol. The monoisotopic (exact) mass is 360 g/mol. The molecule has 0 saturated carbocycles. The fourth-order valence-corrected chi connectivity index (χ4v) is 3.23. The number of primary amides is 1. The molecule has 0 aromatic heterocycles. The van der Waals surface area contributed by atoms with E-state index in [0.717, 1.165) is 0 Å². The molecule has 1 aromatic carbocycles. The number of methoxy groups -OCH3 is 1. The van der Waals surface area contributed by atoms with E-state index >= 15 is 0 Å². The third-order valence-electron chi connectivity index (χ3n) is 4.40. The Hall–Kier alpha value is -3.03. The van der Waals surface area contributed by atoms with Crippen molar-refractivity contribution >= 4 is 17.8 Å². The number of amides is 2. The molecular formula is C18H20N2O6. The van der Waals surface area contributed by atoms with Gasteiger partial charge in [0.1, 0.15) is 5.60 Å². The lowest BCUT2D eigenvalue weighted by atomic mass is 9.82. The fraction of sp³-hybridized carbons (Fsp3) is 0.389. The van der Waals surface area contributed by atoms with Gasteiger partial charge in [0.25, 0.3) is 5.91 Å². The first-order valence-corrected chi connectivity index (χ1v) is 8.10. The summed E-state index contributed by atoms with van der Waals surface area (Å²) in [6.07, 6.45) is 0.120. The molecule has 8 nitrogen and oxygen atoms in total. The maximum absolute atomic E-state index is 12.4. The van der Waals surface area contributed by atoms with Gasteiger partial charge in [0, 0.05) is 12.3 Å². The minimum absolute atomic E-state index is 0.120. The van der Waals surface area contributed by atoms with Crippen molar-refractivity contribution in [1.29, 1.82) is 0 Å². The lowest BCUT2D eigenvalue weighted by molar-refractivity contribution is -0.144. The number of esters is 1. The Bertz CT molecular complexity index is 827. The van der Waals surface area contributed by atoms with Gasteiger partial charge in [0.05, 0.1) is 18.4 Å². The topological polar surface area (TPSA) is 117 Å². The van der Waals surface area contributed by atoms with Gasteiger partial charge in [-0.2, -0.15) is 0 Å². The maximum atomic E-state index is 12.4. The number of carbonyl (C=O) groups is 3. The van der Waals surface area contributed by atoms with E-state index in [1.54, 1.807) is 32.0 Å². The standard InChI is InChI=1S/C18H20N2O6/c1-18(2)16-15(17(23)26-18)10(7-14(22)20-16)9-4-5-11(12(6-9)24-3)25-8-13(19)21/h4-6,10H,7-8H2,1-3H3,(H2,19,21)(H,20,22). The number of carbonyl (C=O) groups excluding carboxylic acids is 3. The van der Waals surface area contributed by atoms with Gasteiger partial charge in [0.2, 0.25) is 5.91 Å². The zero-order valence-corrected chi connectivity index (χ0v) is 14.8. The first-order valence-electron chi connectivity index (χ1n) is 8.10. The van der Waals surface area contributed by atoms with Crippen molar-refractivity contribution in [2.75, 3.05) is 13.7 Å². The molecular weight excluding hydrogens is 340 g/mol. The molecule has 138 valence electrons. The van der Waals surface area contributed by atoms with Crippen LogP contribution in [-0.4, -0.2) is 37.1 Å². The summed E-state index contributed by atoms with van der Waals surface area (Å²) in [7, 11) is 1.46. The van der Waals surface area contributed by atoms with Crippen molar-refractivity contribution in [3.63, 3.8) is 0 Å². The highest BCUT2D eigenvalue weighted by Crippen LogP contribution is 2.44. The molecule has 1 atom stereocenters. The third kappa shape index (κ3) is 3.10. The Morgan fingerprint density at radius 2 is 2.08 bits per heavy atom. The second-order valence-electron chi connectivity index (χ2n) is 6.66. The second-order valence-corrected chi connectivity index (χ2v) is 6.66. The Morgan fingerprint density at radius 3 is 2.73 bits per heavy atom. The second kappa shape index (κ2) is 6.36. The van der Waals surface area contributed by atoms with Crippen molar-refractivity contribution in [3.05, 3.63) is 35.0 Å². The predicted molar refractivity (Wildman–Crippen MR) is 90.4 cm³/mol. The normalized spacial score (nSPS) is 21.0. The smallest absolute Gasteiger partial charge is 0.337 e. The van der Waals surface area contributed by atoms with Crippen LogP contribution in [0, 0.1) is 0 Å². The number of hydrogen-bond donors (Lipinski definition) is 2. The molecule has 0 spiro atoms. The molecule has 1 aromatic rings. The number of ether oxygens (including phenoxy) is 3. The number of benzene rings is 1. The quantitative estimate of drug-likeness (QED) is 0.749. The van der Waals surface area contributed by atoms with Gasteiger partial charge in [-0.15, -0.1) is 0 Å². The Labute approximate surface area is 150 Å². The van der Waals surface area contributed by atoms with Crippen LogP contribution in [-0.2, 0) is 19.1 Å². The summed E-state index contributed by atoms with van der Waals surface area (Å²) < 4.78 is 16.0. The first kappa shape index (κ1) is 17.8. The summed E-state index contributed by atoms with van der Waals surface area (Å²) in [5, 5.41) is 2.76. The van der Waals surface area contributed by atoms with Crippen molar-refractivity contribution in [1.82, 2.24) is 5.32 Å². The van der Waals surface area contributed by atoms with E-state index in [9.17, 15) is 14.4 Å². The first-order chi connectivity index (χ1) is 12.2. The van der Waals surface area contributed by atoms with E-state index < -0.39 is 23.4 Å². The average Bonchev–Trinajstić information content (AvgIpc) is 2.81. The number of rotatable bonds is 5. The summed E-state index contributed by atoms with van der Waals surface area (Å²) in [6, 6.07) is 5.03. The molecule has 0 saturated heterocycles. The van der Waals surface area contributed by atoms with E-state index in [1.807, 2.05) is 0 Å². The zero-order chi connectivity index (χ0) is 19.1. The van der Waals surface area contributed by atoms with Gasteiger partial charge in [-0.1, -0.05) is 6.07 Å². The maximum Gasteiger partial charge on any atom is 0.337 e. The Balaban J connectivity index is 2.00. The molecule has 0 fully saturated rings. The third-order valence-corrected chi connectivity index (χ3v) is 4.40. The molecule has 2 amide bonds. The number of hydrogen-bond acceptors (Lipinski definition) is 6. The van der Waals surface area contributed by atoms with Crippen molar-refractivity contribution < 1.29 is 28.6 Å². The summed E-state index contributed by atoms with van der Waals surface area (Å²) in [6.45, 7) is 3.19. The summed E-state index contributed by atoms with van der Waals surface area (Å²) in [4.78, 5) is 35.4. The number of cyclic esters (lactones) is 1. The minimum Gasteiger partial charge on any atom is -0.493 e. The summed E-state index contributed by atoms with van der Waals surface area (Å²) >= 11 is 0. The molecule has 0 radical (unpaired) electrons.